The van der Waals surface area contributed by atoms with Crippen LogP contribution >= 0.6 is 0 Å². The van der Waals surface area contributed by atoms with Crippen molar-refractivity contribution in [2.24, 2.45) is 0 Å². The summed E-state index contributed by atoms with van der Waals surface area (Å²) in [5.41, 5.74) is 2.31. The SMILES string of the molecule is COc1cc(CN2CCN(C=O)CC2)ccc1OCc1ccccc1. The molecule has 0 spiro atoms. The summed E-state index contributed by atoms with van der Waals surface area (Å²) in [6.07, 6.45) is 0.930. The largest absolute Gasteiger partial charge is 0.493 e. The van der Waals surface area contributed by atoms with Crippen molar-refractivity contribution in [3.63, 3.8) is 0 Å². The maximum Gasteiger partial charge on any atom is 0.209 e. The number of nitrogens with zero attached hydrogens (tertiary/aromatic N) is 2. The van der Waals surface area contributed by atoms with Crippen molar-refractivity contribution in [1.82, 2.24) is 9.80 Å². The molecule has 3 rings (SSSR count). The molecule has 5 heteroatoms. The molecule has 0 saturated carbocycles. The third kappa shape index (κ3) is 4.73. The zero-order valence-electron chi connectivity index (χ0n) is 14.6. The van der Waals surface area contributed by atoms with Crippen LogP contribution in [0.3, 0.4) is 0 Å². The molecule has 5 nitrogen and oxygen atoms in total. The Balaban J connectivity index is 1.60. The molecule has 1 saturated heterocycles. The van der Waals surface area contributed by atoms with Crippen LogP contribution in [0.1, 0.15) is 11.1 Å². The zero-order chi connectivity index (χ0) is 17.5. The van der Waals surface area contributed by atoms with Gasteiger partial charge < -0.3 is 14.4 Å². The topological polar surface area (TPSA) is 42.0 Å². The van der Waals surface area contributed by atoms with E-state index in [1.165, 1.54) is 5.56 Å². The minimum Gasteiger partial charge on any atom is -0.493 e. The van der Waals surface area contributed by atoms with Crippen molar-refractivity contribution in [3.05, 3.63) is 59.7 Å². The molecule has 1 heterocycles. The number of hydrogen-bond donors (Lipinski definition) is 0. The number of carbonyl (C=O) groups excluding carboxylic acids is 1. The molecule has 0 atom stereocenters. The third-order valence-electron chi connectivity index (χ3n) is 4.43. The number of hydrogen-bond acceptors (Lipinski definition) is 4. The Labute approximate surface area is 148 Å². The lowest BCUT2D eigenvalue weighted by Gasteiger charge is -2.32. The van der Waals surface area contributed by atoms with Gasteiger partial charge in [-0.15, -0.1) is 0 Å². The van der Waals surface area contributed by atoms with E-state index in [1.807, 2.05) is 47.4 Å². The molecule has 2 aromatic rings. The Morgan fingerprint density at radius 2 is 1.72 bits per heavy atom. The zero-order valence-corrected chi connectivity index (χ0v) is 14.6. The van der Waals surface area contributed by atoms with Gasteiger partial charge in [-0.05, 0) is 23.3 Å². The van der Waals surface area contributed by atoms with Crippen molar-refractivity contribution < 1.29 is 14.3 Å². The summed E-state index contributed by atoms with van der Waals surface area (Å²) in [4.78, 5) is 15.0. The molecule has 1 aliphatic heterocycles. The van der Waals surface area contributed by atoms with Gasteiger partial charge >= 0.3 is 0 Å². The van der Waals surface area contributed by atoms with Gasteiger partial charge in [-0.2, -0.15) is 0 Å². The molecule has 2 aromatic carbocycles. The number of amides is 1. The van der Waals surface area contributed by atoms with Gasteiger partial charge in [-0.3, -0.25) is 9.69 Å². The van der Waals surface area contributed by atoms with Gasteiger partial charge in [0.1, 0.15) is 6.61 Å². The lowest BCUT2D eigenvalue weighted by molar-refractivity contribution is -0.119. The van der Waals surface area contributed by atoms with E-state index in [-0.39, 0.29) is 0 Å². The van der Waals surface area contributed by atoms with Crippen LogP contribution in [0.5, 0.6) is 11.5 Å². The minimum atomic E-state index is 0.518. The van der Waals surface area contributed by atoms with Gasteiger partial charge in [0, 0.05) is 32.7 Å². The monoisotopic (exact) mass is 340 g/mol. The molecule has 0 bridgehead atoms. The normalized spacial score (nSPS) is 15.0. The van der Waals surface area contributed by atoms with Crippen LogP contribution in [0.4, 0.5) is 0 Å². The van der Waals surface area contributed by atoms with E-state index in [9.17, 15) is 4.79 Å². The molecule has 132 valence electrons. The first-order chi connectivity index (χ1) is 12.3. The second kappa shape index (κ2) is 8.53. The summed E-state index contributed by atoms with van der Waals surface area (Å²) in [7, 11) is 1.66. The number of ether oxygens (including phenoxy) is 2. The molecule has 0 aliphatic carbocycles. The van der Waals surface area contributed by atoms with Crippen LogP contribution in [0, 0.1) is 0 Å². The fraction of sp³-hybridized carbons (Fsp3) is 0.350. The van der Waals surface area contributed by atoms with Crippen molar-refractivity contribution in [1.29, 1.82) is 0 Å². The highest BCUT2D eigenvalue weighted by Gasteiger charge is 2.16. The number of carbonyl (C=O) groups is 1. The lowest BCUT2D eigenvalue weighted by Crippen LogP contribution is -2.45. The second-order valence-electron chi connectivity index (χ2n) is 6.18. The van der Waals surface area contributed by atoms with E-state index in [0.717, 1.165) is 56.2 Å². The molecule has 0 N–H and O–H groups in total. The van der Waals surface area contributed by atoms with E-state index < -0.39 is 0 Å². The molecule has 1 amide bonds. The molecule has 0 aromatic heterocycles. The van der Waals surface area contributed by atoms with Crippen LogP contribution < -0.4 is 9.47 Å². The highest BCUT2D eigenvalue weighted by molar-refractivity contribution is 5.47. The van der Waals surface area contributed by atoms with Crippen LogP contribution in [-0.4, -0.2) is 49.5 Å². The Morgan fingerprint density at radius 1 is 0.960 bits per heavy atom. The van der Waals surface area contributed by atoms with Gasteiger partial charge in [0.2, 0.25) is 6.41 Å². The van der Waals surface area contributed by atoms with Crippen LogP contribution in [-0.2, 0) is 17.9 Å². The average Bonchev–Trinajstić information content (AvgIpc) is 2.68. The predicted molar refractivity (Wildman–Crippen MR) is 96.7 cm³/mol. The van der Waals surface area contributed by atoms with E-state index >= 15 is 0 Å². The molecule has 25 heavy (non-hydrogen) atoms. The van der Waals surface area contributed by atoms with Crippen LogP contribution in [0.25, 0.3) is 0 Å². The summed E-state index contributed by atoms with van der Waals surface area (Å²) >= 11 is 0. The molecule has 0 radical (unpaired) electrons. The van der Waals surface area contributed by atoms with Gasteiger partial charge in [0.05, 0.1) is 7.11 Å². The molecular formula is C20H24N2O3. The summed E-state index contributed by atoms with van der Waals surface area (Å²) < 4.78 is 11.4. The number of rotatable bonds is 7. The average molecular weight is 340 g/mol. The maximum absolute atomic E-state index is 10.8. The number of piperazine rings is 1. The molecule has 0 unspecified atom stereocenters. The van der Waals surface area contributed by atoms with Gasteiger partial charge in [-0.25, -0.2) is 0 Å². The summed E-state index contributed by atoms with van der Waals surface area (Å²) in [6.45, 7) is 4.74. The standard InChI is InChI=1S/C20H24N2O3/c1-24-20-13-18(14-21-9-11-22(16-23)12-10-21)7-8-19(20)25-15-17-5-3-2-4-6-17/h2-8,13,16H,9-12,14-15H2,1H3. The smallest absolute Gasteiger partial charge is 0.209 e. The highest BCUT2D eigenvalue weighted by atomic mass is 16.5. The fourth-order valence-electron chi connectivity index (χ4n) is 2.95. The van der Waals surface area contributed by atoms with Gasteiger partial charge in [0.25, 0.3) is 0 Å². The predicted octanol–water partition coefficient (Wildman–Crippen LogP) is 2.55. The van der Waals surface area contributed by atoms with Crippen molar-refractivity contribution in [2.75, 3.05) is 33.3 Å². The van der Waals surface area contributed by atoms with E-state index in [0.29, 0.717) is 6.61 Å². The first kappa shape index (κ1) is 17.3. The van der Waals surface area contributed by atoms with E-state index in [1.54, 1.807) is 7.11 Å². The molecule has 1 fully saturated rings. The highest BCUT2D eigenvalue weighted by Crippen LogP contribution is 2.29. The minimum absolute atomic E-state index is 0.518. The lowest BCUT2D eigenvalue weighted by atomic mass is 10.1. The maximum atomic E-state index is 10.8. The Bertz CT molecular complexity index is 683. The number of benzene rings is 2. The molecule has 1 aliphatic rings. The van der Waals surface area contributed by atoms with Crippen molar-refractivity contribution >= 4 is 6.41 Å². The van der Waals surface area contributed by atoms with Crippen molar-refractivity contribution in [2.45, 2.75) is 13.2 Å². The first-order valence-electron chi connectivity index (χ1n) is 8.54. The van der Waals surface area contributed by atoms with Gasteiger partial charge in [-0.1, -0.05) is 36.4 Å². The Morgan fingerprint density at radius 3 is 2.40 bits per heavy atom. The first-order valence-corrected chi connectivity index (χ1v) is 8.54. The fourth-order valence-corrected chi connectivity index (χ4v) is 2.95. The van der Waals surface area contributed by atoms with Crippen LogP contribution in [0.15, 0.2) is 48.5 Å². The summed E-state index contributed by atoms with van der Waals surface area (Å²) in [5.74, 6) is 1.50. The Hall–Kier alpha value is -2.53. The number of methoxy groups -OCH3 is 1. The Kier molecular flexibility index (Phi) is 5.90. The van der Waals surface area contributed by atoms with E-state index in [4.69, 9.17) is 9.47 Å². The van der Waals surface area contributed by atoms with E-state index in [2.05, 4.69) is 11.0 Å². The van der Waals surface area contributed by atoms with Gasteiger partial charge in [0.15, 0.2) is 11.5 Å². The summed E-state index contributed by atoms with van der Waals surface area (Å²) in [5, 5.41) is 0. The third-order valence-corrected chi connectivity index (χ3v) is 4.43. The summed E-state index contributed by atoms with van der Waals surface area (Å²) in [6, 6.07) is 16.2. The second-order valence-corrected chi connectivity index (χ2v) is 6.18. The van der Waals surface area contributed by atoms with Crippen molar-refractivity contribution in [3.8, 4) is 11.5 Å². The van der Waals surface area contributed by atoms with Crippen LogP contribution in [0.2, 0.25) is 0 Å². The molecular weight excluding hydrogens is 316 g/mol. The quantitative estimate of drug-likeness (QED) is 0.727.